The van der Waals surface area contributed by atoms with Crippen LogP contribution in [0.15, 0.2) is 42.0 Å². The molecule has 17 heavy (non-hydrogen) atoms. The van der Waals surface area contributed by atoms with Gasteiger partial charge in [-0.3, -0.25) is 4.79 Å². The van der Waals surface area contributed by atoms with Crippen molar-refractivity contribution in [1.82, 2.24) is 0 Å². The maximum absolute atomic E-state index is 10.8. The lowest BCUT2D eigenvalue weighted by Gasteiger charge is -1.98. The van der Waals surface area contributed by atoms with Gasteiger partial charge in [0.1, 0.15) is 11.6 Å². The monoisotopic (exact) mass is 246 g/mol. The number of carbonyl (C=O) groups is 1. The molecule has 0 saturated carbocycles. The zero-order valence-corrected chi connectivity index (χ0v) is 10.0. The molecule has 0 unspecified atom stereocenters. The highest BCUT2D eigenvalue weighted by molar-refractivity contribution is 6.48. The fourth-order valence-electron chi connectivity index (χ4n) is 1.14. The normalized spacial score (nSPS) is 12.1. The largest absolute Gasteiger partial charge is 0.365 e. The summed E-state index contributed by atoms with van der Waals surface area (Å²) in [6.07, 6.45) is 2.79. The molecule has 2 N–H and O–H groups in total. The highest BCUT2D eigenvalue weighted by Gasteiger charge is 2.01. The van der Waals surface area contributed by atoms with Gasteiger partial charge in [0.15, 0.2) is 0 Å². The van der Waals surface area contributed by atoms with Crippen LogP contribution in [-0.2, 0) is 4.79 Å². The molecule has 0 spiro atoms. The highest BCUT2D eigenvalue weighted by atomic mass is 35.5. The van der Waals surface area contributed by atoms with Gasteiger partial charge in [0.05, 0.1) is 0 Å². The fraction of sp³-hybridized carbons (Fsp3) is 0.0769. The Kier molecular flexibility index (Phi) is 4.50. The zero-order valence-electron chi connectivity index (χ0n) is 9.27. The number of primary amides is 1. The number of benzene rings is 1. The van der Waals surface area contributed by atoms with Gasteiger partial charge in [-0.2, -0.15) is 5.26 Å². The summed E-state index contributed by atoms with van der Waals surface area (Å²) in [5, 5.41) is 9.07. The molecule has 0 bridgehead atoms. The average Bonchev–Trinajstić information content (AvgIpc) is 2.30. The van der Waals surface area contributed by atoms with E-state index in [1.54, 1.807) is 6.07 Å². The van der Waals surface area contributed by atoms with Crippen LogP contribution in [0.5, 0.6) is 0 Å². The number of nitrogens with zero attached hydrogens (tertiary/aromatic N) is 1. The van der Waals surface area contributed by atoms with E-state index >= 15 is 0 Å². The number of hydrogen-bond acceptors (Lipinski definition) is 2. The number of rotatable bonds is 3. The maximum Gasteiger partial charge on any atom is 0.259 e. The standard InChI is InChI=1S/C13H11ClN2O/c1-9-2-4-10(5-3-9)12(14)7-6-11(8-15)13(16)17/h2-7H,1H3,(H2,16,17)/b11-6-,12-7+. The van der Waals surface area contributed by atoms with E-state index in [9.17, 15) is 4.79 Å². The van der Waals surface area contributed by atoms with E-state index in [2.05, 4.69) is 0 Å². The molecule has 0 fully saturated rings. The van der Waals surface area contributed by atoms with Crippen molar-refractivity contribution in [2.75, 3.05) is 0 Å². The lowest BCUT2D eigenvalue weighted by molar-refractivity contribution is -0.114. The Balaban J connectivity index is 2.98. The third kappa shape index (κ3) is 3.78. The summed E-state index contributed by atoms with van der Waals surface area (Å²) in [5.74, 6) is -0.767. The molecule has 3 nitrogen and oxygen atoms in total. The number of carbonyl (C=O) groups excluding carboxylic acids is 1. The summed E-state index contributed by atoms with van der Waals surface area (Å²) >= 11 is 6.02. The van der Waals surface area contributed by atoms with E-state index in [0.29, 0.717) is 5.03 Å². The van der Waals surface area contributed by atoms with Crippen molar-refractivity contribution in [3.05, 3.63) is 53.1 Å². The fourth-order valence-corrected chi connectivity index (χ4v) is 1.33. The molecule has 0 aliphatic carbocycles. The second-order valence-corrected chi connectivity index (χ2v) is 3.84. The van der Waals surface area contributed by atoms with Gasteiger partial charge in [-0.15, -0.1) is 0 Å². The van der Waals surface area contributed by atoms with Crippen LogP contribution in [0.4, 0.5) is 0 Å². The second kappa shape index (κ2) is 5.88. The molecule has 1 amide bonds. The zero-order chi connectivity index (χ0) is 12.8. The van der Waals surface area contributed by atoms with Crippen LogP contribution in [0.25, 0.3) is 5.03 Å². The number of aryl methyl sites for hydroxylation is 1. The molecule has 0 saturated heterocycles. The smallest absolute Gasteiger partial charge is 0.259 e. The summed E-state index contributed by atoms with van der Waals surface area (Å²) in [6, 6.07) is 9.27. The first-order chi connectivity index (χ1) is 8.04. The number of nitriles is 1. The van der Waals surface area contributed by atoms with E-state index in [1.807, 2.05) is 31.2 Å². The molecule has 1 rings (SSSR count). The van der Waals surface area contributed by atoms with Crippen LogP contribution < -0.4 is 5.73 Å². The van der Waals surface area contributed by atoms with E-state index in [-0.39, 0.29) is 5.57 Å². The Morgan fingerprint density at radius 1 is 1.35 bits per heavy atom. The Bertz CT molecular complexity index is 521. The van der Waals surface area contributed by atoms with Crippen LogP contribution in [0.3, 0.4) is 0 Å². The summed E-state index contributed by atoms with van der Waals surface area (Å²) in [5.41, 5.74) is 6.80. The molecule has 1 aromatic rings. The molecule has 0 atom stereocenters. The van der Waals surface area contributed by atoms with E-state index in [1.165, 1.54) is 12.2 Å². The minimum Gasteiger partial charge on any atom is -0.365 e. The molecule has 0 aliphatic heterocycles. The predicted molar refractivity (Wildman–Crippen MR) is 67.9 cm³/mol. The lowest BCUT2D eigenvalue weighted by Crippen LogP contribution is -2.12. The average molecular weight is 247 g/mol. The minimum atomic E-state index is -0.767. The van der Waals surface area contributed by atoms with Crippen LogP contribution >= 0.6 is 11.6 Å². The molecular formula is C13H11ClN2O. The number of amides is 1. The first kappa shape index (κ1) is 13.0. The summed E-state index contributed by atoms with van der Waals surface area (Å²) in [6.45, 7) is 1.97. The van der Waals surface area contributed by atoms with Crippen molar-refractivity contribution >= 4 is 22.5 Å². The highest BCUT2D eigenvalue weighted by Crippen LogP contribution is 2.19. The van der Waals surface area contributed by atoms with Gasteiger partial charge >= 0.3 is 0 Å². The van der Waals surface area contributed by atoms with Crippen molar-refractivity contribution in [3.63, 3.8) is 0 Å². The summed E-state index contributed by atoms with van der Waals surface area (Å²) in [4.78, 5) is 10.8. The van der Waals surface area contributed by atoms with Gasteiger partial charge in [-0.25, -0.2) is 0 Å². The molecule has 1 aromatic carbocycles. The van der Waals surface area contributed by atoms with Crippen molar-refractivity contribution in [2.45, 2.75) is 6.92 Å². The van der Waals surface area contributed by atoms with Crippen molar-refractivity contribution in [1.29, 1.82) is 5.26 Å². The van der Waals surface area contributed by atoms with Gasteiger partial charge in [-0.05, 0) is 24.6 Å². The Morgan fingerprint density at radius 3 is 2.41 bits per heavy atom. The molecular weight excluding hydrogens is 236 g/mol. The molecule has 0 radical (unpaired) electrons. The summed E-state index contributed by atoms with van der Waals surface area (Å²) in [7, 11) is 0. The van der Waals surface area contributed by atoms with Crippen molar-refractivity contribution in [3.8, 4) is 6.07 Å². The SMILES string of the molecule is Cc1ccc(/C(Cl)=C\C=C(\C#N)C(N)=O)cc1. The maximum atomic E-state index is 10.8. The third-order valence-electron chi connectivity index (χ3n) is 2.11. The number of allylic oxidation sites excluding steroid dienone is 2. The van der Waals surface area contributed by atoms with Crippen LogP contribution in [0, 0.1) is 18.3 Å². The van der Waals surface area contributed by atoms with E-state index in [0.717, 1.165) is 11.1 Å². The summed E-state index contributed by atoms with van der Waals surface area (Å²) < 4.78 is 0. The lowest BCUT2D eigenvalue weighted by atomic mass is 10.1. The van der Waals surface area contributed by atoms with E-state index < -0.39 is 5.91 Å². The van der Waals surface area contributed by atoms with Crippen LogP contribution in [0.1, 0.15) is 11.1 Å². The number of hydrogen-bond donors (Lipinski definition) is 1. The molecule has 0 heterocycles. The van der Waals surface area contributed by atoms with Gasteiger partial charge in [-0.1, -0.05) is 41.4 Å². The third-order valence-corrected chi connectivity index (χ3v) is 2.45. The van der Waals surface area contributed by atoms with Gasteiger partial charge in [0, 0.05) is 5.03 Å². The quantitative estimate of drug-likeness (QED) is 0.506. The van der Waals surface area contributed by atoms with Crippen LogP contribution in [-0.4, -0.2) is 5.91 Å². The molecule has 4 heteroatoms. The van der Waals surface area contributed by atoms with Crippen molar-refractivity contribution < 1.29 is 4.79 Å². The molecule has 0 aliphatic rings. The molecule has 0 aromatic heterocycles. The first-order valence-electron chi connectivity index (χ1n) is 4.89. The number of halogens is 1. The van der Waals surface area contributed by atoms with Crippen molar-refractivity contribution in [2.24, 2.45) is 5.73 Å². The Morgan fingerprint density at radius 2 is 1.94 bits per heavy atom. The second-order valence-electron chi connectivity index (χ2n) is 3.44. The van der Waals surface area contributed by atoms with Gasteiger partial charge < -0.3 is 5.73 Å². The topological polar surface area (TPSA) is 66.9 Å². The molecule has 86 valence electrons. The minimum absolute atomic E-state index is 0.129. The first-order valence-corrected chi connectivity index (χ1v) is 5.27. The number of nitrogens with two attached hydrogens (primary N) is 1. The van der Waals surface area contributed by atoms with E-state index in [4.69, 9.17) is 22.6 Å². The van der Waals surface area contributed by atoms with Crippen LogP contribution in [0.2, 0.25) is 0 Å². The Hall–Kier alpha value is -2.05. The van der Waals surface area contributed by atoms with Gasteiger partial charge in [0.25, 0.3) is 5.91 Å². The van der Waals surface area contributed by atoms with Gasteiger partial charge in [0.2, 0.25) is 0 Å². The Labute approximate surface area is 105 Å². The predicted octanol–water partition coefficient (Wildman–Crippen LogP) is 2.51.